The third-order valence-electron chi connectivity index (χ3n) is 4.99. The summed E-state index contributed by atoms with van der Waals surface area (Å²) in [5, 5.41) is 0. The van der Waals surface area contributed by atoms with Crippen molar-refractivity contribution >= 4 is 21.6 Å². The van der Waals surface area contributed by atoms with Gasteiger partial charge in [0.2, 0.25) is 0 Å². The van der Waals surface area contributed by atoms with E-state index in [1.165, 1.54) is 12.1 Å². The zero-order chi connectivity index (χ0) is 21.0. The number of likely N-dealkylation sites (tertiary alicyclic amines) is 1. The Hall–Kier alpha value is -2.54. The molecule has 0 aromatic heterocycles. The van der Waals surface area contributed by atoms with Gasteiger partial charge in [-0.25, -0.2) is 8.42 Å². The summed E-state index contributed by atoms with van der Waals surface area (Å²) in [5.74, 6) is 1.58. The molecule has 3 rings (SSSR count). The number of carbonyl (C=O) groups is 1. The van der Waals surface area contributed by atoms with Crippen LogP contribution in [-0.2, 0) is 10.0 Å². The molecule has 0 bridgehead atoms. The molecule has 1 aliphatic heterocycles. The number of anilines is 1. The van der Waals surface area contributed by atoms with Gasteiger partial charge in [-0.05, 0) is 73.7 Å². The summed E-state index contributed by atoms with van der Waals surface area (Å²) >= 11 is 0. The fourth-order valence-electron chi connectivity index (χ4n) is 3.79. The summed E-state index contributed by atoms with van der Waals surface area (Å²) in [6, 6.07) is 12.8. The van der Waals surface area contributed by atoms with E-state index in [2.05, 4.69) is 18.6 Å². The highest BCUT2D eigenvalue weighted by molar-refractivity contribution is 7.92. The average molecular weight is 417 g/mol. The van der Waals surface area contributed by atoms with Gasteiger partial charge in [-0.2, -0.15) is 0 Å². The van der Waals surface area contributed by atoms with Crippen LogP contribution in [0.2, 0.25) is 0 Å². The monoisotopic (exact) mass is 416 g/mol. The minimum Gasteiger partial charge on any atom is -0.494 e. The van der Waals surface area contributed by atoms with Crippen LogP contribution in [0, 0.1) is 11.8 Å². The fourth-order valence-corrected chi connectivity index (χ4v) is 4.85. The first-order valence-electron chi connectivity index (χ1n) is 9.93. The smallest absolute Gasteiger partial charge is 0.261 e. The van der Waals surface area contributed by atoms with Crippen molar-refractivity contribution in [1.29, 1.82) is 0 Å². The number of carbonyl (C=O) groups excluding carboxylic acids is 1. The third kappa shape index (κ3) is 5.29. The van der Waals surface area contributed by atoms with Crippen LogP contribution in [0.4, 0.5) is 5.69 Å². The molecule has 0 unspecified atom stereocenters. The summed E-state index contributed by atoms with van der Waals surface area (Å²) in [6.07, 6.45) is 1.12. The van der Waals surface area contributed by atoms with Crippen LogP contribution < -0.4 is 9.46 Å². The van der Waals surface area contributed by atoms with Gasteiger partial charge in [0.05, 0.1) is 11.5 Å². The second-order valence-electron chi connectivity index (χ2n) is 7.74. The van der Waals surface area contributed by atoms with Crippen molar-refractivity contribution in [2.75, 3.05) is 24.4 Å². The minimum absolute atomic E-state index is 0.0492. The zero-order valence-electron chi connectivity index (χ0n) is 17.1. The lowest BCUT2D eigenvalue weighted by Gasteiger charge is -2.35. The minimum atomic E-state index is -3.74. The Kier molecular flexibility index (Phi) is 6.47. The van der Waals surface area contributed by atoms with Crippen LogP contribution in [0.3, 0.4) is 0 Å². The second kappa shape index (κ2) is 8.86. The molecule has 0 saturated carbocycles. The van der Waals surface area contributed by atoms with Gasteiger partial charge in [-0.15, -0.1) is 0 Å². The summed E-state index contributed by atoms with van der Waals surface area (Å²) in [6.45, 7) is 8.21. The lowest BCUT2D eigenvalue weighted by molar-refractivity contribution is 0.0623. The first-order chi connectivity index (χ1) is 13.8. The molecule has 0 spiro atoms. The van der Waals surface area contributed by atoms with Gasteiger partial charge in [-0.3, -0.25) is 9.52 Å². The maximum Gasteiger partial charge on any atom is 0.261 e. The number of nitrogens with zero attached hydrogens (tertiary/aromatic N) is 1. The highest BCUT2D eigenvalue weighted by Crippen LogP contribution is 2.24. The molecule has 156 valence electrons. The maximum atomic E-state index is 12.8. The molecule has 0 radical (unpaired) electrons. The van der Waals surface area contributed by atoms with Crippen LogP contribution in [0.25, 0.3) is 0 Å². The van der Waals surface area contributed by atoms with E-state index in [1.54, 1.807) is 36.4 Å². The van der Waals surface area contributed by atoms with Gasteiger partial charge < -0.3 is 9.64 Å². The second-order valence-corrected chi connectivity index (χ2v) is 9.43. The molecule has 1 amide bonds. The normalized spacial score (nSPS) is 19.6. The first-order valence-corrected chi connectivity index (χ1v) is 11.4. The number of sulfonamides is 1. The average Bonchev–Trinajstić information content (AvgIpc) is 2.68. The van der Waals surface area contributed by atoms with E-state index in [0.717, 1.165) is 19.5 Å². The van der Waals surface area contributed by atoms with Gasteiger partial charge in [0, 0.05) is 24.3 Å². The van der Waals surface area contributed by atoms with Crippen LogP contribution in [0.1, 0.15) is 37.6 Å². The van der Waals surface area contributed by atoms with E-state index in [9.17, 15) is 13.2 Å². The predicted molar refractivity (Wildman–Crippen MR) is 114 cm³/mol. The Morgan fingerprint density at radius 2 is 1.62 bits per heavy atom. The van der Waals surface area contributed by atoms with Gasteiger partial charge in [0.1, 0.15) is 5.75 Å². The molecule has 1 aliphatic rings. The largest absolute Gasteiger partial charge is 0.494 e. The molecule has 7 heteroatoms. The van der Waals surface area contributed by atoms with E-state index >= 15 is 0 Å². The summed E-state index contributed by atoms with van der Waals surface area (Å²) in [4.78, 5) is 14.8. The number of ether oxygens (including phenoxy) is 1. The maximum absolute atomic E-state index is 12.8. The topological polar surface area (TPSA) is 75.7 Å². The van der Waals surface area contributed by atoms with Crippen molar-refractivity contribution in [2.45, 2.75) is 32.1 Å². The van der Waals surface area contributed by atoms with E-state index in [0.29, 0.717) is 35.4 Å². The lowest BCUT2D eigenvalue weighted by Crippen LogP contribution is -2.42. The van der Waals surface area contributed by atoms with E-state index in [1.807, 2.05) is 11.8 Å². The molecule has 29 heavy (non-hydrogen) atoms. The van der Waals surface area contributed by atoms with Crippen molar-refractivity contribution in [3.05, 3.63) is 54.1 Å². The predicted octanol–water partition coefficient (Wildman–Crippen LogP) is 4.00. The number of hydrogen-bond acceptors (Lipinski definition) is 4. The van der Waals surface area contributed by atoms with Crippen molar-refractivity contribution in [3.63, 3.8) is 0 Å². The Morgan fingerprint density at radius 3 is 2.17 bits per heavy atom. The number of nitrogens with one attached hydrogen (secondary N) is 1. The summed E-state index contributed by atoms with van der Waals surface area (Å²) in [7, 11) is -3.74. The van der Waals surface area contributed by atoms with Crippen molar-refractivity contribution in [3.8, 4) is 5.75 Å². The van der Waals surface area contributed by atoms with Gasteiger partial charge >= 0.3 is 0 Å². The quantitative estimate of drug-likeness (QED) is 0.772. The number of piperidine rings is 1. The lowest BCUT2D eigenvalue weighted by atomic mass is 9.91. The SMILES string of the molecule is CCOc1ccc(NS(=O)(=O)c2ccc(C(=O)N3C[C@H](C)C[C@H](C)C3)cc2)cc1. The zero-order valence-corrected chi connectivity index (χ0v) is 17.9. The molecule has 2 aromatic carbocycles. The Balaban J connectivity index is 1.70. The van der Waals surface area contributed by atoms with Crippen molar-refractivity contribution < 1.29 is 17.9 Å². The molecular weight excluding hydrogens is 388 g/mol. The van der Waals surface area contributed by atoms with Crippen LogP contribution >= 0.6 is 0 Å². The highest BCUT2D eigenvalue weighted by Gasteiger charge is 2.26. The Bertz CT molecular complexity index is 930. The van der Waals surface area contributed by atoms with Crippen LogP contribution in [-0.4, -0.2) is 38.9 Å². The fraction of sp³-hybridized carbons (Fsp3) is 0.409. The highest BCUT2D eigenvalue weighted by atomic mass is 32.2. The molecule has 6 nitrogen and oxygen atoms in total. The number of benzene rings is 2. The molecule has 1 fully saturated rings. The molecule has 1 heterocycles. The summed E-state index contributed by atoms with van der Waals surface area (Å²) < 4.78 is 33.2. The number of hydrogen-bond donors (Lipinski definition) is 1. The molecule has 2 aromatic rings. The molecular formula is C22H28N2O4S. The van der Waals surface area contributed by atoms with E-state index in [-0.39, 0.29) is 10.8 Å². The third-order valence-corrected chi connectivity index (χ3v) is 6.38. The van der Waals surface area contributed by atoms with Crippen LogP contribution in [0.15, 0.2) is 53.4 Å². The van der Waals surface area contributed by atoms with Crippen LogP contribution in [0.5, 0.6) is 5.75 Å². The Morgan fingerprint density at radius 1 is 1.03 bits per heavy atom. The van der Waals surface area contributed by atoms with Crippen molar-refractivity contribution in [2.24, 2.45) is 11.8 Å². The summed E-state index contributed by atoms with van der Waals surface area (Å²) in [5.41, 5.74) is 0.955. The van der Waals surface area contributed by atoms with Gasteiger partial charge in [0.15, 0.2) is 0 Å². The number of rotatable bonds is 6. The van der Waals surface area contributed by atoms with Crippen molar-refractivity contribution in [1.82, 2.24) is 4.90 Å². The molecule has 1 N–H and O–H groups in total. The number of amides is 1. The van der Waals surface area contributed by atoms with Gasteiger partial charge in [0.25, 0.3) is 15.9 Å². The molecule has 1 saturated heterocycles. The van der Waals surface area contributed by atoms with E-state index < -0.39 is 10.0 Å². The standard InChI is InChI=1S/C22H28N2O4S/c1-4-28-20-9-7-19(8-10-20)23-29(26,27)21-11-5-18(6-12-21)22(25)24-14-16(2)13-17(3)15-24/h5-12,16-17,23H,4,13-15H2,1-3H3/t16-,17+. The van der Waals surface area contributed by atoms with E-state index in [4.69, 9.17) is 4.74 Å². The molecule has 2 atom stereocenters. The Labute approximate surface area is 172 Å². The first kappa shape index (κ1) is 21.2. The molecule has 0 aliphatic carbocycles. The van der Waals surface area contributed by atoms with Gasteiger partial charge in [-0.1, -0.05) is 13.8 Å².